The summed E-state index contributed by atoms with van der Waals surface area (Å²) in [6.07, 6.45) is -3.27. The lowest BCUT2D eigenvalue weighted by molar-refractivity contribution is -0.137. The monoisotopic (exact) mass is 297 g/mol. The molecule has 0 saturated carbocycles. The van der Waals surface area contributed by atoms with E-state index >= 15 is 0 Å². The van der Waals surface area contributed by atoms with Crippen molar-refractivity contribution in [1.82, 2.24) is 9.78 Å². The second-order valence-corrected chi connectivity index (χ2v) is 4.11. The van der Waals surface area contributed by atoms with Gasteiger partial charge in [0.1, 0.15) is 6.54 Å². The normalized spacial score (nSPS) is 11.2. The molecule has 0 aliphatic rings. The van der Waals surface area contributed by atoms with Gasteiger partial charge >= 0.3 is 6.18 Å². The molecule has 0 spiro atoms. The summed E-state index contributed by atoms with van der Waals surface area (Å²) < 4.78 is 39.2. The van der Waals surface area contributed by atoms with Gasteiger partial charge in [0, 0.05) is 12.3 Å². The van der Waals surface area contributed by atoms with E-state index in [0.29, 0.717) is 0 Å². The summed E-state index contributed by atoms with van der Waals surface area (Å²) in [5.74, 6) is -0.771. The molecule has 21 heavy (non-hydrogen) atoms. The highest BCUT2D eigenvalue weighted by atomic mass is 19.4. The summed E-state index contributed by atoms with van der Waals surface area (Å²) >= 11 is 0. The molecule has 5 nitrogen and oxygen atoms in total. The Labute approximate surface area is 117 Å². The number of carbonyl (C=O) groups excluding carboxylic acids is 1. The second-order valence-electron chi connectivity index (χ2n) is 4.11. The van der Waals surface area contributed by atoms with Gasteiger partial charge in [-0.3, -0.25) is 9.59 Å². The van der Waals surface area contributed by atoms with Gasteiger partial charge in [-0.05, 0) is 18.2 Å². The van der Waals surface area contributed by atoms with Crippen LogP contribution in [0.15, 0.2) is 47.4 Å². The van der Waals surface area contributed by atoms with E-state index in [1.54, 1.807) is 0 Å². The molecule has 1 aromatic heterocycles. The molecule has 0 radical (unpaired) electrons. The third kappa shape index (κ3) is 3.68. The van der Waals surface area contributed by atoms with Crippen molar-refractivity contribution in [3.63, 3.8) is 0 Å². The smallest absolute Gasteiger partial charge is 0.324 e. The van der Waals surface area contributed by atoms with Gasteiger partial charge in [-0.1, -0.05) is 12.1 Å². The van der Waals surface area contributed by atoms with Gasteiger partial charge in [-0.15, -0.1) is 0 Å². The van der Waals surface area contributed by atoms with Crippen molar-refractivity contribution >= 4 is 11.6 Å². The molecule has 1 amide bonds. The summed E-state index contributed by atoms with van der Waals surface area (Å²) in [5.41, 5.74) is -1.83. The first-order chi connectivity index (χ1) is 9.88. The summed E-state index contributed by atoms with van der Waals surface area (Å²) in [4.78, 5) is 23.1. The first-order valence-corrected chi connectivity index (χ1v) is 5.86. The number of benzene rings is 1. The van der Waals surface area contributed by atoms with Crippen LogP contribution in [-0.4, -0.2) is 15.7 Å². The molecular weight excluding hydrogens is 287 g/mol. The number of hydrogen-bond donors (Lipinski definition) is 1. The van der Waals surface area contributed by atoms with E-state index in [4.69, 9.17) is 0 Å². The fraction of sp³-hybridized carbons (Fsp3) is 0.154. The van der Waals surface area contributed by atoms with Crippen LogP contribution in [0.25, 0.3) is 0 Å². The maximum atomic E-state index is 12.8. The Balaban J connectivity index is 2.18. The van der Waals surface area contributed by atoms with E-state index < -0.39 is 29.8 Å². The zero-order chi connectivity index (χ0) is 15.5. The average Bonchev–Trinajstić information content (AvgIpc) is 2.41. The molecule has 0 fully saturated rings. The number of halogens is 3. The highest BCUT2D eigenvalue weighted by Gasteiger charge is 2.33. The Morgan fingerprint density at radius 3 is 2.57 bits per heavy atom. The minimum atomic E-state index is -4.58. The SMILES string of the molecule is O=C(Cn1ncccc1=O)Nc1ccccc1C(F)(F)F. The average molecular weight is 297 g/mol. The van der Waals surface area contributed by atoms with Crippen LogP contribution in [0.1, 0.15) is 5.56 Å². The summed E-state index contributed by atoms with van der Waals surface area (Å²) in [6, 6.07) is 7.20. The van der Waals surface area contributed by atoms with Crippen molar-refractivity contribution in [2.75, 3.05) is 5.32 Å². The molecule has 2 rings (SSSR count). The predicted octanol–water partition coefficient (Wildman–Crippen LogP) is 1.90. The molecule has 0 aliphatic heterocycles. The van der Waals surface area contributed by atoms with E-state index in [9.17, 15) is 22.8 Å². The minimum absolute atomic E-state index is 0.362. The highest BCUT2D eigenvalue weighted by molar-refractivity contribution is 5.91. The van der Waals surface area contributed by atoms with Crippen molar-refractivity contribution in [3.05, 3.63) is 58.5 Å². The summed E-state index contributed by atoms with van der Waals surface area (Å²) in [5, 5.41) is 5.79. The fourth-order valence-electron chi connectivity index (χ4n) is 1.67. The number of aromatic nitrogens is 2. The molecular formula is C13H10F3N3O2. The first kappa shape index (κ1) is 14.8. The lowest BCUT2D eigenvalue weighted by Crippen LogP contribution is -2.29. The van der Waals surface area contributed by atoms with Crippen LogP contribution in [0, 0.1) is 0 Å². The van der Waals surface area contributed by atoms with Gasteiger partial charge in [-0.2, -0.15) is 18.3 Å². The van der Waals surface area contributed by atoms with E-state index in [-0.39, 0.29) is 5.69 Å². The van der Waals surface area contributed by atoms with E-state index in [1.807, 2.05) is 0 Å². The van der Waals surface area contributed by atoms with Crippen molar-refractivity contribution in [2.24, 2.45) is 0 Å². The number of rotatable bonds is 3. The van der Waals surface area contributed by atoms with Crippen LogP contribution in [-0.2, 0) is 17.5 Å². The van der Waals surface area contributed by atoms with Crippen LogP contribution in [0.2, 0.25) is 0 Å². The molecule has 0 bridgehead atoms. The topological polar surface area (TPSA) is 64.0 Å². The van der Waals surface area contributed by atoms with Crippen molar-refractivity contribution in [3.8, 4) is 0 Å². The Morgan fingerprint density at radius 1 is 1.19 bits per heavy atom. The molecule has 1 N–H and O–H groups in total. The van der Waals surface area contributed by atoms with Crippen molar-refractivity contribution in [2.45, 2.75) is 12.7 Å². The Kier molecular flexibility index (Phi) is 4.06. The molecule has 110 valence electrons. The zero-order valence-corrected chi connectivity index (χ0v) is 10.6. The van der Waals surface area contributed by atoms with Gasteiger partial charge in [-0.25, -0.2) is 4.68 Å². The number of hydrogen-bond acceptors (Lipinski definition) is 3. The summed E-state index contributed by atoms with van der Waals surface area (Å²) in [6.45, 7) is -0.466. The van der Waals surface area contributed by atoms with Crippen LogP contribution < -0.4 is 10.9 Å². The molecule has 2 aromatic rings. The Morgan fingerprint density at radius 2 is 1.90 bits per heavy atom. The Bertz CT molecular complexity index is 710. The van der Waals surface area contributed by atoms with E-state index in [0.717, 1.165) is 16.8 Å². The van der Waals surface area contributed by atoms with Crippen LogP contribution in [0.5, 0.6) is 0 Å². The van der Waals surface area contributed by atoms with Gasteiger partial charge in [0.05, 0.1) is 11.3 Å². The largest absolute Gasteiger partial charge is 0.418 e. The van der Waals surface area contributed by atoms with Crippen LogP contribution >= 0.6 is 0 Å². The number of anilines is 1. The third-order valence-electron chi connectivity index (χ3n) is 2.59. The van der Waals surface area contributed by atoms with Crippen molar-refractivity contribution < 1.29 is 18.0 Å². The predicted molar refractivity (Wildman–Crippen MR) is 68.6 cm³/mol. The lowest BCUT2D eigenvalue weighted by atomic mass is 10.1. The minimum Gasteiger partial charge on any atom is -0.324 e. The maximum absolute atomic E-state index is 12.8. The Hall–Kier alpha value is -2.64. The third-order valence-corrected chi connectivity index (χ3v) is 2.59. The maximum Gasteiger partial charge on any atom is 0.418 e. The summed E-state index contributed by atoms with van der Waals surface area (Å²) in [7, 11) is 0. The molecule has 1 aromatic carbocycles. The molecule has 8 heteroatoms. The standard InChI is InChI=1S/C13H10F3N3O2/c14-13(15,16)9-4-1-2-5-10(9)18-11(20)8-19-12(21)6-3-7-17-19/h1-7H,8H2,(H,18,20). The molecule has 0 unspecified atom stereocenters. The number of amides is 1. The molecule has 0 aliphatic carbocycles. The van der Waals surface area contributed by atoms with Crippen LogP contribution in [0.4, 0.5) is 18.9 Å². The van der Waals surface area contributed by atoms with Gasteiger partial charge in [0.25, 0.3) is 5.56 Å². The highest BCUT2D eigenvalue weighted by Crippen LogP contribution is 2.34. The van der Waals surface area contributed by atoms with Gasteiger partial charge in [0.15, 0.2) is 0 Å². The molecule has 0 saturated heterocycles. The lowest BCUT2D eigenvalue weighted by Gasteiger charge is -2.13. The van der Waals surface area contributed by atoms with E-state index in [2.05, 4.69) is 10.4 Å². The number of carbonyl (C=O) groups is 1. The number of nitrogens with zero attached hydrogens (tertiary/aromatic N) is 2. The molecule has 0 atom stereocenters. The zero-order valence-electron chi connectivity index (χ0n) is 10.6. The van der Waals surface area contributed by atoms with E-state index in [1.165, 1.54) is 30.5 Å². The second kappa shape index (κ2) is 5.78. The molecule has 1 heterocycles. The number of nitrogens with one attached hydrogen (secondary N) is 1. The number of para-hydroxylation sites is 1. The number of alkyl halides is 3. The van der Waals surface area contributed by atoms with Crippen molar-refractivity contribution in [1.29, 1.82) is 0 Å². The van der Waals surface area contributed by atoms with Crippen LogP contribution in [0.3, 0.4) is 0 Å². The fourth-order valence-corrected chi connectivity index (χ4v) is 1.67. The van der Waals surface area contributed by atoms with Gasteiger partial charge in [0.2, 0.25) is 5.91 Å². The first-order valence-electron chi connectivity index (χ1n) is 5.86. The quantitative estimate of drug-likeness (QED) is 0.941. The van der Waals surface area contributed by atoms with Gasteiger partial charge < -0.3 is 5.32 Å².